The number of hydrogen-bond donors (Lipinski definition) is 0. The van der Waals surface area contributed by atoms with Gasteiger partial charge in [0.25, 0.3) is 5.69 Å². The summed E-state index contributed by atoms with van der Waals surface area (Å²) in [5.41, 5.74) is 6.87. The van der Waals surface area contributed by atoms with Crippen LogP contribution in [-0.4, -0.2) is 4.92 Å². The second kappa shape index (κ2) is 10.7. The molecule has 0 spiro atoms. The molecule has 0 heterocycles. The molecule has 0 amide bonds. The van der Waals surface area contributed by atoms with Gasteiger partial charge in [-0.05, 0) is 72.7 Å². The third-order valence-electron chi connectivity index (χ3n) is 6.66. The van der Waals surface area contributed by atoms with Crippen molar-refractivity contribution >= 4 is 17.3 Å². The Morgan fingerprint density at radius 1 is 1.00 bits per heavy atom. The average molecular weight is 492 g/mol. The number of hydrogen-bond acceptors (Lipinski definition) is 4. The van der Waals surface area contributed by atoms with E-state index in [1.54, 1.807) is 6.07 Å². The second-order valence-electron chi connectivity index (χ2n) is 9.43. The van der Waals surface area contributed by atoms with Crippen molar-refractivity contribution in [2.24, 2.45) is 0 Å². The highest BCUT2D eigenvalue weighted by Crippen LogP contribution is 2.42. The van der Waals surface area contributed by atoms with E-state index in [0.717, 1.165) is 45.6 Å². The molecule has 0 fully saturated rings. The van der Waals surface area contributed by atoms with Crippen LogP contribution in [0.15, 0.2) is 91.0 Å². The topological polar surface area (TPSA) is 61.6 Å². The Morgan fingerprint density at radius 3 is 2.46 bits per heavy atom. The number of allylic oxidation sites excluding steroid dienone is 1. The minimum atomic E-state index is -0.363. The van der Waals surface area contributed by atoms with E-state index in [2.05, 4.69) is 25.1 Å². The van der Waals surface area contributed by atoms with Gasteiger partial charge in [-0.25, -0.2) is 0 Å². The van der Waals surface area contributed by atoms with Gasteiger partial charge in [0.15, 0.2) is 0 Å². The summed E-state index contributed by atoms with van der Waals surface area (Å²) >= 11 is 0. The van der Waals surface area contributed by atoms with Gasteiger partial charge in [0, 0.05) is 11.6 Å². The number of rotatable bonds is 8. The molecule has 0 radical (unpaired) electrons. The normalized spacial score (nSPS) is 14.8. The fourth-order valence-corrected chi connectivity index (χ4v) is 4.92. The molecule has 0 saturated heterocycles. The van der Waals surface area contributed by atoms with Gasteiger partial charge in [-0.1, -0.05) is 72.8 Å². The van der Waals surface area contributed by atoms with E-state index in [0.29, 0.717) is 24.3 Å². The van der Waals surface area contributed by atoms with Gasteiger partial charge in [0.2, 0.25) is 0 Å². The van der Waals surface area contributed by atoms with Crippen molar-refractivity contribution < 1.29 is 14.4 Å². The molecule has 1 unspecified atom stereocenters. The molecular weight excluding hydrogens is 462 g/mol. The lowest BCUT2D eigenvalue weighted by Crippen LogP contribution is -2.07. The van der Waals surface area contributed by atoms with Crippen molar-refractivity contribution in [3.63, 3.8) is 0 Å². The van der Waals surface area contributed by atoms with E-state index in [9.17, 15) is 10.1 Å². The van der Waals surface area contributed by atoms with Crippen molar-refractivity contribution in [2.75, 3.05) is 0 Å². The number of nitrogens with zero attached hydrogens (tertiary/aromatic N) is 1. The molecule has 1 aliphatic carbocycles. The zero-order valence-electron chi connectivity index (χ0n) is 21.0. The highest BCUT2D eigenvalue weighted by atomic mass is 16.6. The third-order valence-corrected chi connectivity index (χ3v) is 6.66. The quantitative estimate of drug-likeness (QED) is 0.142. The number of fused-ring (bicyclic) bond motifs is 1. The van der Waals surface area contributed by atoms with Gasteiger partial charge >= 0.3 is 0 Å². The fraction of sp³-hybridized carbons (Fsp3) is 0.188. The standard InChI is InChI=1S/C32H29NO4/c1-22-17-26-13-15-31(32(26)29(18-22)33(34)35)37-27-14-16-30(36-21-25-11-7-4-8-12-25)28(20-27)23(2)19-24-9-5-3-6-10-24/h3-12,14,16-20,31H,13,15,21H2,1-2H3. The van der Waals surface area contributed by atoms with E-state index in [4.69, 9.17) is 9.47 Å². The second-order valence-corrected chi connectivity index (χ2v) is 9.43. The molecule has 0 aliphatic heterocycles. The minimum absolute atomic E-state index is 0.140. The molecule has 1 atom stereocenters. The summed E-state index contributed by atoms with van der Waals surface area (Å²) < 4.78 is 12.6. The molecule has 0 saturated carbocycles. The Labute approximate surface area is 217 Å². The molecule has 4 aromatic rings. The Bertz CT molecular complexity index is 1440. The number of benzene rings is 4. The summed E-state index contributed by atoms with van der Waals surface area (Å²) in [4.78, 5) is 11.5. The monoisotopic (exact) mass is 491 g/mol. The first kappa shape index (κ1) is 24.3. The smallest absolute Gasteiger partial charge is 0.276 e. The first-order chi connectivity index (χ1) is 18.0. The van der Waals surface area contributed by atoms with Crippen LogP contribution in [0.5, 0.6) is 11.5 Å². The first-order valence-corrected chi connectivity index (χ1v) is 12.5. The highest BCUT2D eigenvalue weighted by molar-refractivity contribution is 5.83. The summed E-state index contributed by atoms with van der Waals surface area (Å²) in [5, 5.41) is 11.8. The summed E-state index contributed by atoms with van der Waals surface area (Å²) in [7, 11) is 0. The SMILES string of the molecule is CC(=Cc1ccccc1)c1cc(OC2CCc3cc(C)cc([N+](=O)[O-])c32)ccc1OCc1ccccc1. The van der Waals surface area contributed by atoms with Crippen molar-refractivity contribution in [1.82, 2.24) is 0 Å². The Hall–Kier alpha value is -4.38. The van der Waals surface area contributed by atoms with Gasteiger partial charge in [-0.2, -0.15) is 0 Å². The molecular formula is C32H29NO4. The fourth-order valence-electron chi connectivity index (χ4n) is 4.92. The third kappa shape index (κ3) is 5.56. The highest BCUT2D eigenvalue weighted by Gasteiger charge is 2.32. The number of nitro benzene ring substituents is 1. The van der Waals surface area contributed by atoms with Crippen LogP contribution >= 0.6 is 0 Å². The molecule has 0 N–H and O–H groups in total. The van der Waals surface area contributed by atoms with Crippen molar-refractivity contribution in [2.45, 2.75) is 39.4 Å². The largest absolute Gasteiger partial charge is 0.488 e. The van der Waals surface area contributed by atoms with E-state index in [1.807, 2.05) is 79.7 Å². The maximum absolute atomic E-state index is 11.8. The summed E-state index contributed by atoms with van der Waals surface area (Å²) in [5.74, 6) is 1.42. The lowest BCUT2D eigenvalue weighted by molar-refractivity contribution is -0.386. The van der Waals surface area contributed by atoms with Gasteiger partial charge < -0.3 is 9.47 Å². The molecule has 5 rings (SSSR count). The van der Waals surface area contributed by atoms with Gasteiger partial charge in [-0.3, -0.25) is 10.1 Å². The lowest BCUT2D eigenvalue weighted by Gasteiger charge is -2.18. The van der Waals surface area contributed by atoms with Crippen LogP contribution in [0.1, 0.15) is 52.8 Å². The van der Waals surface area contributed by atoms with E-state index < -0.39 is 0 Å². The maximum Gasteiger partial charge on any atom is 0.276 e. The van der Waals surface area contributed by atoms with E-state index in [-0.39, 0.29) is 16.7 Å². The van der Waals surface area contributed by atoms with Crippen molar-refractivity contribution in [1.29, 1.82) is 0 Å². The van der Waals surface area contributed by atoms with Gasteiger partial charge in [-0.15, -0.1) is 0 Å². The van der Waals surface area contributed by atoms with Crippen LogP contribution in [0.4, 0.5) is 5.69 Å². The van der Waals surface area contributed by atoms with Gasteiger partial charge in [0.1, 0.15) is 24.2 Å². The maximum atomic E-state index is 11.8. The van der Waals surface area contributed by atoms with E-state index in [1.165, 1.54) is 0 Å². The summed E-state index contributed by atoms with van der Waals surface area (Å²) in [6, 6.07) is 29.7. The molecule has 5 nitrogen and oxygen atoms in total. The Morgan fingerprint density at radius 2 is 1.73 bits per heavy atom. The molecule has 4 aromatic carbocycles. The number of aryl methyl sites for hydroxylation is 2. The molecule has 0 bridgehead atoms. The van der Waals surface area contributed by atoms with Crippen LogP contribution in [0.3, 0.4) is 0 Å². The molecule has 0 aromatic heterocycles. The van der Waals surface area contributed by atoms with Crippen LogP contribution < -0.4 is 9.47 Å². The van der Waals surface area contributed by atoms with Crippen LogP contribution in [0.25, 0.3) is 11.6 Å². The Balaban J connectivity index is 1.47. The van der Waals surface area contributed by atoms with Gasteiger partial charge in [0.05, 0.1) is 10.5 Å². The zero-order chi connectivity index (χ0) is 25.8. The minimum Gasteiger partial charge on any atom is -0.488 e. The molecule has 37 heavy (non-hydrogen) atoms. The molecule has 5 heteroatoms. The lowest BCUT2D eigenvalue weighted by atomic mass is 10.0. The van der Waals surface area contributed by atoms with Crippen molar-refractivity contribution in [3.05, 3.63) is 134 Å². The van der Waals surface area contributed by atoms with Crippen LogP contribution in [0, 0.1) is 17.0 Å². The number of nitro groups is 1. The number of ether oxygens (including phenoxy) is 2. The van der Waals surface area contributed by atoms with Crippen molar-refractivity contribution in [3.8, 4) is 11.5 Å². The molecule has 1 aliphatic rings. The van der Waals surface area contributed by atoms with Crippen LogP contribution in [-0.2, 0) is 13.0 Å². The summed E-state index contributed by atoms with van der Waals surface area (Å²) in [6.45, 7) is 4.40. The predicted molar refractivity (Wildman–Crippen MR) is 147 cm³/mol. The predicted octanol–water partition coefficient (Wildman–Crippen LogP) is 8.11. The Kier molecular flexibility index (Phi) is 7.04. The molecule has 186 valence electrons. The first-order valence-electron chi connectivity index (χ1n) is 12.5. The summed E-state index contributed by atoms with van der Waals surface area (Å²) in [6.07, 6.45) is 3.23. The average Bonchev–Trinajstić information content (AvgIpc) is 3.30. The zero-order valence-corrected chi connectivity index (χ0v) is 21.0. The van der Waals surface area contributed by atoms with E-state index >= 15 is 0 Å². The van der Waals surface area contributed by atoms with Crippen LogP contribution in [0.2, 0.25) is 0 Å².